The lowest BCUT2D eigenvalue weighted by Crippen LogP contribution is -2.70. The first kappa shape index (κ1) is 20.8. The normalized spacial score (nSPS) is 45.1. The van der Waals surface area contributed by atoms with E-state index in [-0.39, 0.29) is 17.8 Å². The summed E-state index contributed by atoms with van der Waals surface area (Å²) in [5.74, 6) is -1.41. The monoisotopic (exact) mass is 424 g/mol. The lowest BCUT2D eigenvalue weighted by molar-refractivity contribution is -0.577. The zero-order valence-corrected chi connectivity index (χ0v) is 17.5. The van der Waals surface area contributed by atoms with Crippen LogP contribution in [-0.4, -0.2) is 29.1 Å². The molecule has 0 amide bonds. The van der Waals surface area contributed by atoms with Crippen LogP contribution in [0.1, 0.15) is 57.9 Å². The van der Waals surface area contributed by atoms with Crippen LogP contribution in [0.4, 0.5) is 8.78 Å². The molecular weight excluding hydrogens is 394 g/mol. The Balaban J connectivity index is 1.37. The van der Waals surface area contributed by atoms with Gasteiger partial charge in [0.25, 0.3) is 0 Å². The number of ether oxygens (including phenoxy) is 2. The maximum atomic E-state index is 13.5. The van der Waals surface area contributed by atoms with Crippen LogP contribution in [0.15, 0.2) is 18.2 Å². The van der Waals surface area contributed by atoms with Crippen molar-refractivity contribution in [1.29, 1.82) is 0 Å². The van der Waals surface area contributed by atoms with Crippen LogP contribution in [0.25, 0.3) is 0 Å². The molecule has 7 heteroatoms. The fourth-order valence-electron chi connectivity index (χ4n) is 6.38. The van der Waals surface area contributed by atoms with E-state index in [2.05, 4.69) is 6.92 Å². The predicted molar refractivity (Wildman–Crippen MR) is 103 cm³/mol. The molecule has 1 N–H and O–H groups in total. The molecule has 4 heterocycles. The van der Waals surface area contributed by atoms with Gasteiger partial charge in [-0.1, -0.05) is 6.92 Å². The van der Waals surface area contributed by atoms with E-state index in [9.17, 15) is 13.9 Å². The minimum Gasteiger partial charge on any atom is -0.368 e. The third kappa shape index (κ3) is 3.30. The van der Waals surface area contributed by atoms with Crippen molar-refractivity contribution in [1.82, 2.24) is 0 Å². The van der Waals surface area contributed by atoms with E-state index in [1.807, 2.05) is 6.92 Å². The Bertz CT molecular complexity index is 786. The standard InChI is InChI=1S/C23H30F2O5/c1-13-6-7-19-17(5-3-4-14-10-15(24)12-16(25)11-14)20(26)27-21-23(19)18(13)8-9-22(2,28-21)29-30-23/h10-13,17-21,26H,3-9H2,1-2H3/t13-,17-,18+,19+,20?,21-,22-,23-/m1/s1. The van der Waals surface area contributed by atoms with Crippen LogP contribution in [0.5, 0.6) is 0 Å². The molecule has 1 unspecified atom stereocenters. The van der Waals surface area contributed by atoms with E-state index in [0.717, 1.165) is 31.7 Å². The molecule has 0 radical (unpaired) electrons. The molecule has 1 aliphatic carbocycles. The van der Waals surface area contributed by atoms with E-state index in [4.69, 9.17) is 19.2 Å². The van der Waals surface area contributed by atoms with Gasteiger partial charge in [0.2, 0.25) is 5.79 Å². The van der Waals surface area contributed by atoms with Gasteiger partial charge < -0.3 is 14.6 Å². The highest BCUT2D eigenvalue weighted by Crippen LogP contribution is 2.60. The maximum absolute atomic E-state index is 13.5. The number of rotatable bonds is 4. The molecule has 1 spiro atoms. The summed E-state index contributed by atoms with van der Waals surface area (Å²) in [6.07, 6.45) is 3.88. The van der Waals surface area contributed by atoms with Crippen LogP contribution >= 0.6 is 0 Å². The van der Waals surface area contributed by atoms with Gasteiger partial charge in [-0.05, 0) is 75.0 Å². The first-order valence-corrected chi connectivity index (χ1v) is 11.1. The van der Waals surface area contributed by atoms with Crippen molar-refractivity contribution in [2.75, 3.05) is 0 Å². The molecule has 4 aliphatic heterocycles. The molecule has 1 saturated carbocycles. The van der Waals surface area contributed by atoms with Gasteiger partial charge in [-0.15, -0.1) is 0 Å². The van der Waals surface area contributed by atoms with Crippen LogP contribution in [-0.2, 0) is 25.7 Å². The van der Waals surface area contributed by atoms with Gasteiger partial charge in [0, 0.05) is 24.3 Å². The predicted octanol–water partition coefficient (Wildman–Crippen LogP) is 4.47. The fourth-order valence-corrected chi connectivity index (χ4v) is 6.38. The van der Waals surface area contributed by atoms with E-state index in [1.165, 1.54) is 12.1 Å². The van der Waals surface area contributed by atoms with Crippen molar-refractivity contribution < 1.29 is 33.1 Å². The molecule has 5 fully saturated rings. The summed E-state index contributed by atoms with van der Waals surface area (Å²) in [6, 6.07) is 3.61. The third-order valence-electron chi connectivity index (χ3n) is 7.85. The zero-order chi connectivity index (χ0) is 21.1. The Morgan fingerprint density at radius 2 is 1.83 bits per heavy atom. The molecule has 166 valence electrons. The number of halogens is 2. The summed E-state index contributed by atoms with van der Waals surface area (Å²) in [7, 11) is 0. The molecular formula is C23H30F2O5. The Morgan fingerprint density at radius 3 is 2.60 bits per heavy atom. The zero-order valence-electron chi connectivity index (χ0n) is 17.5. The van der Waals surface area contributed by atoms with Crippen molar-refractivity contribution in [2.24, 2.45) is 23.7 Å². The summed E-state index contributed by atoms with van der Waals surface area (Å²) >= 11 is 0. The van der Waals surface area contributed by atoms with E-state index in [1.54, 1.807) is 0 Å². The van der Waals surface area contributed by atoms with Crippen molar-refractivity contribution in [3.8, 4) is 0 Å². The van der Waals surface area contributed by atoms with E-state index >= 15 is 0 Å². The average molecular weight is 424 g/mol. The van der Waals surface area contributed by atoms with Crippen LogP contribution in [0.2, 0.25) is 0 Å². The summed E-state index contributed by atoms with van der Waals surface area (Å²) in [5, 5.41) is 10.9. The first-order valence-electron chi connectivity index (χ1n) is 11.1. The Labute approximate surface area is 175 Å². The third-order valence-corrected chi connectivity index (χ3v) is 7.85. The van der Waals surface area contributed by atoms with Gasteiger partial charge in [0.05, 0.1) is 0 Å². The molecule has 1 aromatic carbocycles. The van der Waals surface area contributed by atoms with Crippen LogP contribution < -0.4 is 0 Å². The number of aliphatic hydroxyl groups is 1. The number of aliphatic hydroxyl groups excluding tert-OH is 1. The molecule has 1 aromatic rings. The lowest BCUT2D eigenvalue weighted by Gasteiger charge is -2.60. The molecule has 5 nitrogen and oxygen atoms in total. The first-order chi connectivity index (χ1) is 14.3. The van der Waals surface area contributed by atoms with Crippen molar-refractivity contribution in [2.45, 2.75) is 82.8 Å². The fraction of sp³-hybridized carbons (Fsp3) is 0.739. The summed E-state index contributed by atoms with van der Waals surface area (Å²) in [6.45, 7) is 4.10. The van der Waals surface area contributed by atoms with Crippen LogP contribution in [0, 0.1) is 35.3 Å². The Hall–Kier alpha value is -1.12. The number of hydrogen-bond donors (Lipinski definition) is 1. The molecule has 4 saturated heterocycles. The average Bonchev–Trinajstić information content (AvgIpc) is 2.90. The van der Waals surface area contributed by atoms with Crippen LogP contribution in [0.3, 0.4) is 0 Å². The molecule has 0 aromatic heterocycles. The Morgan fingerprint density at radius 1 is 1.07 bits per heavy atom. The second-order valence-electron chi connectivity index (χ2n) is 9.77. The highest BCUT2D eigenvalue weighted by atomic mass is 19.1. The summed E-state index contributed by atoms with van der Waals surface area (Å²) in [5.41, 5.74) is -0.0987. The second kappa shape index (κ2) is 7.48. The minimum absolute atomic E-state index is 0.0411. The van der Waals surface area contributed by atoms with E-state index < -0.39 is 35.6 Å². The topological polar surface area (TPSA) is 57.2 Å². The van der Waals surface area contributed by atoms with Crippen molar-refractivity contribution in [3.05, 3.63) is 35.4 Å². The van der Waals surface area contributed by atoms with Gasteiger partial charge in [-0.3, -0.25) is 0 Å². The highest BCUT2D eigenvalue weighted by Gasteiger charge is 2.69. The minimum atomic E-state index is -0.963. The second-order valence-corrected chi connectivity index (χ2v) is 9.77. The quantitative estimate of drug-likeness (QED) is 0.723. The number of fused-ring (bicyclic) bond motifs is 2. The highest BCUT2D eigenvalue weighted by molar-refractivity contribution is 5.18. The van der Waals surface area contributed by atoms with Crippen molar-refractivity contribution in [3.63, 3.8) is 0 Å². The summed E-state index contributed by atoms with van der Waals surface area (Å²) < 4.78 is 39.2. The van der Waals surface area contributed by atoms with Gasteiger partial charge in [-0.25, -0.2) is 18.6 Å². The molecule has 2 bridgehead atoms. The Kier molecular flexibility index (Phi) is 5.18. The maximum Gasteiger partial charge on any atom is 0.201 e. The largest absolute Gasteiger partial charge is 0.368 e. The molecule has 6 rings (SSSR count). The lowest BCUT2D eigenvalue weighted by atomic mass is 9.57. The van der Waals surface area contributed by atoms with Gasteiger partial charge >= 0.3 is 0 Å². The van der Waals surface area contributed by atoms with Crippen molar-refractivity contribution >= 4 is 0 Å². The van der Waals surface area contributed by atoms with E-state index in [0.29, 0.717) is 30.7 Å². The molecule has 8 atom stereocenters. The number of aryl methyl sites for hydroxylation is 1. The number of benzene rings is 1. The SMILES string of the molecule is C[C@@H]1CC[C@H]2[C@@H](CCCc3cc(F)cc(F)c3)C(O)O[C@@H]3O[C@@]4(C)CC[C@@H]1[C@]32OO4. The number of hydrogen-bond acceptors (Lipinski definition) is 5. The smallest absolute Gasteiger partial charge is 0.201 e. The van der Waals surface area contributed by atoms with Gasteiger partial charge in [0.15, 0.2) is 18.2 Å². The van der Waals surface area contributed by atoms with Gasteiger partial charge in [0.1, 0.15) is 11.6 Å². The molecule has 30 heavy (non-hydrogen) atoms. The summed E-state index contributed by atoms with van der Waals surface area (Å²) in [4.78, 5) is 11.9. The molecule has 5 aliphatic rings. The van der Waals surface area contributed by atoms with Gasteiger partial charge in [-0.2, -0.15) is 0 Å².